The Hall–Kier alpha value is -4.76. The summed E-state index contributed by atoms with van der Waals surface area (Å²) in [6, 6.07) is 17.1. The van der Waals surface area contributed by atoms with Crippen LogP contribution in [-0.4, -0.2) is 22.4 Å². The molecule has 0 heterocycles. The van der Waals surface area contributed by atoms with Crippen molar-refractivity contribution in [2.24, 2.45) is 0 Å². The molecule has 3 rings (SSSR count). The number of hydrogen-bond donors (Lipinski definition) is 1. The van der Waals surface area contributed by atoms with Gasteiger partial charge in [-0.15, -0.1) is 0 Å². The summed E-state index contributed by atoms with van der Waals surface area (Å²) in [5, 5.41) is 34.7. The van der Waals surface area contributed by atoms with Gasteiger partial charge in [0.25, 0.3) is 11.6 Å². The van der Waals surface area contributed by atoms with Gasteiger partial charge in [-0.3, -0.25) is 25.0 Å². The van der Waals surface area contributed by atoms with Gasteiger partial charge in [0.2, 0.25) is 5.75 Å². The van der Waals surface area contributed by atoms with Crippen molar-refractivity contribution in [1.82, 2.24) is 5.32 Å². The van der Waals surface area contributed by atoms with Crippen molar-refractivity contribution >= 4 is 39.3 Å². The zero-order valence-electron chi connectivity index (χ0n) is 19.3. The smallest absolute Gasteiger partial charge is 0.318 e. The standard InChI is InChI=1S/C25H19BrN4O7/c1-2-36-23-12-17(10-18(14-27)25(31)28-15-16-6-4-3-5-7-16)11-20(26)24(23)37-22-9-8-19(29(32)33)13-21(22)30(34)35/h3-13H,2,15H2,1H3,(H,28,31)/b18-10+. The molecule has 0 aromatic heterocycles. The number of hydrogen-bond acceptors (Lipinski definition) is 8. The number of ether oxygens (including phenoxy) is 2. The summed E-state index contributed by atoms with van der Waals surface area (Å²) in [7, 11) is 0. The Kier molecular flexibility index (Phi) is 8.90. The van der Waals surface area contributed by atoms with E-state index in [0.29, 0.717) is 10.0 Å². The van der Waals surface area contributed by atoms with Gasteiger partial charge in [0.15, 0.2) is 11.5 Å². The highest BCUT2D eigenvalue weighted by Gasteiger charge is 2.23. The molecule has 0 unspecified atom stereocenters. The molecule has 0 fully saturated rings. The Bertz CT molecular complexity index is 1420. The van der Waals surface area contributed by atoms with E-state index in [1.54, 1.807) is 6.92 Å². The van der Waals surface area contributed by atoms with E-state index in [4.69, 9.17) is 9.47 Å². The van der Waals surface area contributed by atoms with Crippen molar-refractivity contribution < 1.29 is 24.1 Å². The molecule has 0 aliphatic carbocycles. The Balaban J connectivity index is 1.92. The van der Waals surface area contributed by atoms with E-state index >= 15 is 0 Å². The molecule has 12 heteroatoms. The quantitative estimate of drug-likeness (QED) is 0.142. The number of nitrogens with zero attached hydrogens (tertiary/aromatic N) is 3. The maximum atomic E-state index is 12.6. The third-order valence-corrected chi connectivity index (χ3v) is 5.45. The maximum Gasteiger partial charge on any atom is 0.318 e. The van der Waals surface area contributed by atoms with Crippen LogP contribution in [0.1, 0.15) is 18.1 Å². The Morgan fingerprint density at radius 3 is 2.43 bits per heavy atom. The van der Waals surface area contributed by atoms with E-state index in [1.165, 1.54) is 18.2 Å². The lowest BCUT2D eigenvalue weighted by atomic mass is 10.1. The first kappa shape index (κ1) is 26.8. The van der Waals surface area contributed by atoms with Crippen LogP contribution in [0.4, 0.5) is 11.4 Å². The molecule has 11 nitrogen and oxygen atoms in total. The van der Waals surface area contributed by atoms with Gasteiger partial charge in [0, 0.05) is 12.6 Å². The predicted octanol–water partition coefficient (Wildman–Crippen LogP) is 5.68. The average molecular weight is 567 g/mol. The number of carbonyl (C=O) groups excluding carboxylic acids is 1. The fourth-order valence-electron chi connectivity index (χ4n) is 3.18. The number of nitriles is 1. The number of nitro benzene ring substituents is 2. The van der Waals surface area contributed by atoms with E-state index in [1.807, 2.05) is 36.4 Å². The number of nitro groups is 2. The number of amides is 1. The third-order valence-electron chi connectivity index (χ3n) is 4.87. The van der Waals surface area contributed by atoms with Crippen LogP contribution in [0.5, 0.6) is 17.2 Å². The number of carbonyl (C=O) groups is 1. The molecule has 3 aromatic rings. The second-order valence-corrected chi connectivity index (χ2v) is 8.22. The van der Waals surface area contributed by atoms with Crippen LogP contribution in [0.25, 0.3) is 6.08 Å². The second kappa shape index (κ2) is 12.3. The first-order valence-electron chi connectivity index (χ1n) is 10.7. The van der Waals surface area contributed by atoms with Crippen LogP contribution in [-0.2, 0) is 11.3 Å². The molecule has 0 saturated heterocycles. The van der Waals surface area contributed by atoms with Crippen LogP contribution < -0.4 is 14.8 Å². The van der Waals surface area contributed by atoms with Crippen molar-refractivity contribution in [1.29, 1.82) is 5.26 Å². The minimum Gasteiger partial charge on any atom is -0.490 e. The number of rotatable bonds is 10. The van der Waals surface area contributed by atoms with E-state index in [9.17, 15) is 30.3 Å². The van der Waals surface area contributed by atoms with E-state index in [2.05, 4.69) is 21.2 Å². The van der Waals surface area contributed by atoms with Crippen LogP contribution in [0.15, 0.2) is 70.7 Å². The van der Waals surface area contributed by atoms with Gasteiger partial charge in [-0.2, -0.15) is 5.26 Å². The highest BCUT2D eigenvalue weighted by molar-refractivity contribution is 9.10. The zero-order chi connectivity index (χ0) is 26.9. The van der Waals surface area contributed by atoms with Gasteiger partial charge >= 0.3 is 5.69 Å². The molecule has 1 amide bonds. The van der Waals surface area contributed by atoms with Crippen molar-refractivity contribution in [3.8, 4) is 23.3 Å². The fourth-order valence-corrected chi connectivity index (χ4v) is 3.72. The second-order valence-electron chi connectivity index (χ2n) is 7.37. The summed E-state index contributed by atoms with van der Waals surface area (Å²) >= 11 is 3.34. The first-order valence-corrected chi connectivity index (χ1v) is 11.5. The molecule has 0 radical (unpaired) electrons. The van der Waals surface area contributed by atoms with Gasteiger partial charge in [-0.25, -0.2) is 0 Å². The molecular weight excluding hydrogens is 548 g/mol. The summed E-state index contributed by atoms with van der Waals surface area (Å²) in [5.41, 5.74) is 0.0844. The topological polar surface area (TPSA) is 158 Å². The van der Waals surface area contributed by atoms with Crippen LogP contribution in [0, 0.1) is 31.6 Å². The maximum absolute atomic E-state index is 12.6. The predicted molar refractivity (Wildman–Crippen MR) is 137 cm³/mol. The first-order chi connectivity index (χ1) is 17.7. The van der Waals surface area contributed by atoms with Crippen molar-refractivity contribution in [3.05, 3.63) is 102 Å². The van der Waals surface area contributed by atoms with Crippen LogP contribution in [0.3, 0.4) is 0 Å². The summed E-state index contributed by atoms with van der Waals surface area (Å²) in [6.07, 6.45) is 1.37. The zero-order valence-corrected chi connectivity index (χ0v) is 20.9. The molecule has 1 N–H and O–H groups in total. The van der Waals surface area contributed by atoms with E-state index in [0.717, 1.165) is 23.8 Å². The van der Waals surface area contributed by atoms with Gasteiger partial charge in [-0.1, -0.05) is 30.3 Å². The highest BCUT2D eigenvalue weighted by Crippen LogP contribution is 2.43. The van der Waals surface area contributed by atoms with E-state index in [-0.39, 0.29) is 36.0 Å². The normalized spacial score (nSPS) is 10.8. The fraction of sp³-hybridized carbons (Fsp3) is 0.120. The number of benzene rings is 3. The largest absolute Gasteiger partial charge is 0.490 e. The van der Waals surface area contributed by atoms with Gasteiger partial charge in [0.05, 0.1) is 27.0 Å². The number of non-ortho nitro benzene ring substituents is 1. The van der Waals surface area contributed by atoms with Gasteiger partial charge in [0.1, 0.15) is 11.6 Å². The van der Waals surface area contributed by atoms with Crippen LogP contribution >= 0.6 is 15.9 Å². The Morgan fingerprint density at radius 2 is 1.81 bits per heavy atom. The number of nitrogens with one attached hydrogen (secondary N) is 1. The molecule has 0 saturated carbocycles. The van der Waals surface area contributed by atoms with Crippen LogP contribution in [0.2, 0.25) is 0 Å². The molecule has 0 spiro atoms. The monoisotopic (exact) mass is 566 g/mol. The Labute approximate surface area is 219 Å². The summed E-state index contributed by atoms with van der Waals surface area (Å²) < 4.78 is 11.7. The molecule has 0 bridgehead atoms. The minimum atomic E-state index is -0.791. The highest BCUT2D eigenvalue weighted by atomic mass is 79.9. The molecule has 3 aromatic carbocycles. The number of halogens is 1. The SMILES string of the molecule is CCOc1cc(/C=C(\C#N)C(=O)NCc2ccccc2)cc(Br)c1Oc1ccc([N+](=O)[O-])cc1[N+](=O)[O-]. The summed E-state index contributed by atoms with van der Waals surface area (Å²) in [4.78, 5) is 33.5. The molecule has 37 heavy (non-hydrogen) atoms. The minimum absolute atomic E-state index is 0.0722. The molecule has 188 valence electrons. The van der Waals surface area contributed by atoms with Crippen molar-refractivity contribution in [3.63, 3.8) is 0 Å². The third kappa shape index (κ3) is 6.89. The lowest BCUT2D eigenvalue weighted by Gasteiger charge is -2.14. The lowest BCUT2D eigenvalue weighted by molar-refractivity contribution is -0.394. The van der Waals surface area contributed by atoms with E-state index < -0.39 is 27.1 Å². The van der Waals surface area contributed by atoms with Gasteiger partial charge < -0.3 is 14.8 Å². The molecule has 0 aliphatic heterocycles. The molecular formula is C25H19BrN4O7. The van der Waals surface area contributed by atoms with Gasteiger partial charge in [-0.05, 0) is 58.3 Å². The molecule has 0 atom stereocenters. The summed E-state index contributed by atoms with van der Waals surface area (Å²) in [6.45, 7) is 2.17. The summed E-state index contributed by atoms with van der Waals surface area (Å²) in [5.74, 6) is -0.568. The van der Waals surface area contributed by atoms with Crippen molar-refractivity contribution in [2.75, 3.05) is 6.61 Å². The Morgan fingerprint density at radius 1 is 1.08 bits per heavy atom. The van der Waals surface area contributed by atoms with Crippen molar-refractivity contribution in [2.45, 2.75) is 13.5 Å². The molecule has 0 aliphatic rings. The average Bonchev–Trinajstić information content (AvgIpc) is 2.88. The lowest BCUT2D eigenvalue weighted by Crippen LogP contribution is -2.23.